The van der Waals surface area contributed by atoms with Gasteiger partial charge in [-0.25, -0.2) is 13.4 Å². The molecule has 0 unspecified atom stereocenters. The molecule has 0 fully saturated rings. The first-order valence-corrected chi connectivity index (χ1v) is 14.6. The molecule has 4 nitrogen and oxygen atoms in total. The maximum atomic E-state index is 14.2. The molecule has 6 aromatic carbocycles. The van der Waals surface area contributed by atoms with E-state index in [1.165, 1.54) is 0 Å². The van der Waals surface area contributed by atoms with Crippen LogP contribution in [0.4, 0.5) is 0 Å². The third kappa shape index (κ3) is 3.31. The highest BCUT2D eigenvalue weighted by Crippen LogP contribution is 2.45. The molecule has 0 bridgehead atoms. The molecule has 1 aliphatic rings. The zero-order chi connectivity index (χ0) is 26.8. The average Bonchev–Trinajstić information content (AvgIpc) is 3.40. The van der Waals surface area contributed by atoms with Gasteiger partial charge < -0.3 is 0 Å². The van der Waals surface area contributed by atoms with Gasteiger partial charge in [-0.1, -0.05) is 103 Å². The van der Waals surface area contributed by atoms with Crippen LogP contribution in [-0.2, 0) is 9.84 Å². The number of hydrogen-bond acceptors (Lipinski definition) is 3. The second kappa shape index (κ2) is 8.50. The van der Waals surface area contributed by atoms with Gasteiger partial charge in [0.15, 0.2) is 0 Å². The minimum Gasteiger partial charge on any atom is -0.290 e. The van der Waals surface area contributed by atoms with Crippen LogP contribution >= 0.6 is 0 Å². The second-order valence-corrected chi connectivity index (χ2v) is 11.9. The van der Waals surface area contributed by atoms with Crippen molar-refractivity contribution in [3.05, 3.63) is 133 Å². The third-order valence-corrected chi connectivity index (χ3v) is 9.60. The second-order valence-electron chi connectivity index (χ2n) is 10.1. The van der Waals surface area contributed by atoms with Gasteiger partial charge >= 0.3 is 0 Å². The Morgan fingerprint density at radius 3 is 1.95 bits per heavy atom. The number of aromatic nitrogens is 2. The monoisotopic (exact) mass is 534 g/mol. The summed E-state index contributed by atoms with van der Waals surface area (Å²) in [5.41, 5.74) is 6.69. The fourth-order valence-corrected chi connectivity index (χ4v) is 7.71. The fraction of sp³-hybridized carbons (Fsp3) is 0. The van der Waals surface area contributed by atoms with E-state index in [2.05, 4.69) is 42.5 Å². The molecular formula is C35H22N2O2S. The topological polar surface area (TPSA) is 52.0 Å². The van der Waals surface area contributed by atoms with E-state index in [-0.39, 0.29) is 4.90 Å². The van der Waals surface area contributed by atoms with Crippen molar-refractivity contribution in [3.8, 4) is 39.3 Å². The molecule has 40 heavy (non-hydrogen) atoms. The van der Waals surface area contributed by atoms with E-state index >= 15 is 0 Å². The quantitative estimate of drug-likeness (QED) is 0.229. The minimum absolute atomic E-state index is 0.285. The number of hydrogen-bond donors (Lipinski definition) is 0. The molecule has 0 amide bonds. The molecule has 5 heteroatoms. The SMILES string of the molecule is O=S1(=O)c2c(-c3ccc4cc(-c5ccccc5)ccc4c3)cccc2-n2c(-c3ccccc3)nc3cccc1c32. The molecule has 1 aliphatic heterocycles. The molecular weight excluding hydrogens is 512 g/mol. The fourth-order valence-electron chi connectivity index (χ4n) is 5.87. The average molecular weight is 535 g/mol. The number of fused-ring (bicyclic) bond motifs is 3. The van der Waals surface area contributed by atoms with E-state index in [1.807, 2.05) is 83.4 Å². The predicted octanol–water partition coefficient (Wildman–Crippen LogP) is 8.33. The lowest BCUT2D eigenvalue weighted by Gasteiger charge is -2.23. The molecule has 0 saturated heterocycles. The van der Waals surface area contributed by atoms with Crippen molar-refractivity contribution in [2.24, 2.45) is 0 Å². The lowest BCUT2D eigenvalue weighted by molar-refractivity contribution is 0.595. The van der Waals surface area contributed by atoms with Crippen molar-refractivity contribution in [1.29, 1.82) is 0 Å². The standard InChI is InChI=1S/C35H22N2O2S/c38-40(39)32-16-8-14-30-33(32)37(35(36-30)24-11-5-2-6-12-24)31-15-7-13-29(34(31)40)28-20-19-26-21-25(17-18-27(26)22-28)23-9-3-1-4-10-23/h1-22H. The van der Waals surface area contributed by atoms with Crippen molar-refractivity contribution in [2.75, 3.05) is 0 Å². The molecule has 0 saturated carbocycles. The van der Waals surface area contributed by atoms with Gasteiger partial charge in [-0.15, -0.1) is 0 Å². The highest BCUT2D eigenvalue weighted by Gasteiger charge is 2.35. The molecule has 0 aliphatic carbocycles. The Bertz CT molecular complexity index is 2220. The molecule has 0 atom stereocenters. The van der Waals surface area contributed by atoms with Crippen LogP contribution in [-0.4, -0.2) is 18.0 Å². The zero-order valence-corrected chi connectivity index (χ0v) is 22.1. The maximum Gasteiger partial charge on any atom is 0.211 e. The van der Waals surface area contributed by atoms with Gasteiger partial charge in [0.1, 0.15) is 10.7 Å². The molecule has 7 aromatic rings. The Balaban J connectivity index is 1.36. The highest BCUT2D eigenvalue weighted by atomic mass is 32.2. The molecule has 0 radical (unpaired) electrons. The number of rotatable bonds is 3. The minimum atomic E-state index is -3.81. The number of benzene rings is 6. The summed E-state index contributed by atoms with van der Waals surface area (Å²) in [5.74, 6) is 0.725. The van der Waals surface area contributed by atoms with E-state index in [9.17, 15) is 8.42 Å². The first kappa shape index (κ1) is 22.9. The zero-order valence-electron chi connectivity index (χ0n) is 21.3. The van der Waals surface area contributed by atoms with Gasteiger partial charge in [0.2, 0.25) is 9.84 Å². The van der Waals surface area contributed by atoms with Crippen molar-refractivity contribution >= 4 is 31.6 Å². The van der Waals surface area contributed by atoms with Crippen molar-refractivity contribution in [3.63, 3.8) is 0 Å². The van der Waals surface area contributed by atoms with Crippen LogP contribution < -0.4 is 0 Å². The maximum absolute atomic E-state index is 14.2. The van der Waals surface area contributed by atoms with Gasteiger partial charge in [0.05, 0.1) is 21.6 Å². The smallest absolute Gasteiger partial charge is 0.211 e. The van der Waals surface area contributed by atoms with E-state index < -0.39 is 9.84 Å². The summed E-state index contributed by atoms with van der Waals surface area (Å²) in [6.07, 6.45) is 0. The molecule has 1 aromatic heterocycles. The van der Waals surface area contributed by atoms with Crippen LogP contribution in [0.3, 0.4) is 0 Å². The molecule has 0 spiro atoms. The largest absolute Gasteiger partial charge is 0.290 e. The van der Waals surface area contributed by atoms with Crippen LogP contribution in [0.1, 0.15) is 0 Å². The first-order chi connectivity index (χ1) is 19.6. The predicted molar refractivity (Wildman–Crippen MR) is 160 cm³/mol. The van der Waals surface area contributed by atoms with Crippen LogP contribution in [0.2, 0.25) is 0 Å². The summed E-state index contributed by atoms with van der Waals surface area (Å²) in [5, 5.41) is 2.16. The van der Waals surface area contributed by atoms with Crippen LogP contribution in [0.15, 0.2) is 143 Å². The first-order valence-electron chi connectivity index (χ1n) is 13.1. The Kier molecular flexibility index (Phi) is 4.87. The lowest BCUT2D eigenvalue weighted by Crippen LogP contribution is -2.16. The summed E-state index contributed by atoms with van der Waals surface area (Å²) in [4.78, 5) is 5.49. The van der Waals surface area contributed by atoms with Gasteiger partial charge in [-0.3, -0.25) is 4.57 Å². The molecule has 8 rings (SSSR count). The van der Waals surface area contributed by atoms with Crippen LogP contribution in [0, 0.1) is 0 Å². The van der Waals surface area contributed by atoms with Crippen molar-refractivity contribution in [1.82, 2.24) is 9.55 Å². The number of nitrogens with zero attached hydrogens (tertiary/aromatic N) is 2. The summed E-state index contributed by atoms with van der Waals surface area (Å²) in [6, 6.07) is 43.8. The van der Waals surface area contributed by atoms with Gasteiger partial charge in [0.25, 0.3) is 0 Å². The number of sulfone groups is 1. The lowest BCUT2D eigenvalue weighted by atomic mass is 9.97. The van der Waals surface area contributed by atoms with E-state index in [4.69, 9.17) is 4.98 Å². The molecule has 190 valence electrons. The molecule has 2 heterocycles. The van der Waals surface area contributed by atoms with E-state index in [0.29, 0.717) is 27.2 Å². The normalized spacial score (nSPS) is 13.4. The van der Waals surface area contributed by atoms with E-state index in [0.717, 1.165) is 38.9 Å². The molecule has 0 N–H and O–H groups in total. The van der Waals surface area contributed by atoms with Crippen molar-refractivity contribution < 1.29 is 8.42 Å². The number of para-hydroxylation sites is 1. The van der Waals surface area contributed by atoms with Gasteiger partial charge in [-0.2, -0.15) is 0 Å². The number of imidazole rings is 1. The summed E-state index contributed by atoms with van der Waals surface area (Å²) in [7, 11) is -3.81. The summed E-state index contributed by atoms with van der Waals surface area (Å²) >= 11 is 0. The van der Waals surface area contributed by atoms with Gasteiger partial charge in [0, 0.05) is 11.1 Å². The summed E-state index contributed by atoms with van der Waals surface area (Å²) in [6.45, 7) is 0. The van der Waals surface area contributed by atoms with E-state index in [1.54, 1.807) is 12.1 Å². The third-order valence-electron chi connectivity index (χ3n) is 7.72. The van der Waals surface area contributed by atoms with Crippen molar-refractivity contribution in [2.45, 2.75) is 9.79 Å². The Labute approximate surface area is 231 Å². The Hall–Kier alpha value is -5.00. The summed E-state index contributed by atoms with van der Waals surface area (Å²) < 4.78 is 30.5. The van der Waals surface area contributed by atoms with Gasteiger partial charge in [-0.05, 0) is 57.8 Å². The van der Waals surface area contributed by atoms with Crippen LogP contribution in [0.25, 0.3) is 61.1 Å². The van der Waals surface area contributed by atoms with Crippen LogP contribution in [0.5, 0.6) is 0 Å². The Morgan fingerprint density at radius 2 is 1.20 bits per heavy atom. The highest BCUT2D eigenvalue weighted by molar-refractivity contribution is 7.92. The Morgan fingerprint density at radius 1 is 0.550 bits per heavy atom.